The van der Waals surface area contributed by atoms with Gasteiger partial charge in [0.2, 0.25) is 0 Å². The Hall–Kier alpha value is -0.0500. The van der Waals surface area contributed by atoms with Crippen LogP contribution in [0.25, 0.3) is 0 Å². The zero-order valence-corrected chi connectivity index (χ0v) is 10.2. The Kier molecular flexibility index (Phi) is 3.47. The van der Waals surface area contributed by atoms with E-state index < -0.39 is 0 Å². The van der Waals surface area contributed by atoms with E-state index in [2.05, 4.69) is 27.3 Å². The largest absolute Gasteiger partial charge is 0.316 e. The van der Waals surface area contributed by atoms with Crippen molar-refractivity contribution in [2.24, 2.45) is 5.92 Å². The quantitative estimate of drug-likeness (QED) is 0.873. The van der Waals surface area contributed by atoms with Crippen LogP contribution in [0.3, 0.4) is 0 Å². The zero-order chi connectivity index (χ0) is 9.97. The fourth-order valence-electron chi connectivity index (χ4n) is 1.90. The molecule has 1 N–H and O–H groups in total. The van der Waals surface area contributed by atoms with E-state index in [1.54, 1.807) is 0 Å². The SMILES string of the molecule is Clc1ccc(Br)c(CC2CCNC2)c1. The van der Waals surface area contributed by atoms with Crippen molar-refractivity contribution in [2.75, 3.05) is 13.1 Å². The lowest BCUT2D eigenvalue weighted by Gasteiger charge is -2.10. The van der Waals surface area contributed by atoms with E-state index in [-0.39, 0.29) is 0 Å². The summed E-state index contributed by atoms with van der Waals surface area (Å²) in [6, 6.07) is 6.01. The number of hydrogen-bond donors (Lipinski definition) is 1. The summed E-state index contributed by atoms with van der Waals surface area (Å²) >= 11 is 9.52. The maximum Gasteiger partial charge on any atom is 0.0409 e. The molecule has 1 saturated heterocycles. The molecule has 1 atom stereocenters. The summed E-state index contributed by atoms with van der Waals surface area (Å²) < 4.78 is 1.17. The molecule has 1 unspecified atom stereocenters. The van der Waals surface area contributed by atoms with E-state index >= 15 is 0 Å². The molecular formula is C11H13BrClN. The van der Waals surface area contributed by atoms with Gasteiger partial charge in [0.1, 0.15) is 0 Å². The average Bonchev–Trinajstić information content (AvgIpc) is 2.64. The summed E-state index contributed by atoms with van der Waals surface area (Å²) in [5.41, 5.74) is 1.33. The maximum absolute atomic E-state index is 5.97. The summed E-state index contributed by atoms with van der Waals surface area (Å²) in [4.78, 5) is 0. The number of rotatable bonds is 2. The third kappa shape index (κ3) is 2.50. The second-order valence-corrected chi connectivity index (χ2v) is 5.09. The van der Waals surface area contributed by atoms with Crippen molar-refractivity contribution in [3.63, 3.8) is 0 Å². The van der Waals surface area contributed by atoms with Gasteiger partial charge in [-0.3, -0.25) is 0 Å². The fourth-order valence-corrected chi connectivity index (χ4v) is 2.50. The molecule has 76 valence electrons. The lowest BCUT2D eigenvalue weighted by atomic mass is 9.99. The molecule has 3 heteroatoms. The Morgan fingerprint density at radius 2 is 2.36 bits per heavy atom. The van der Waals surface area contributed by atoms with Crippen LogP contribution >= 0.6 is 27.5 Å². The van der Waals surface area contributed by atoms with Gasteiger partial charge in [-0.2, -0.15) is 0 Å². The van der Waals surface area contributed by atoms with Gasteiger partial charge in [-0.1, -0.05) is 27.5 Å². The molecule has 14 heavy (non-hydrogen) atoms. The molecule has 1 aromatic rings. The number of benzene rings is 1. The van der Waals surface area contributed by atoms with Gasteiger partial charge in [-0.25, -0.2) is 0 Å². The molecule has 1 aliphatic heterocycles. The van der Waals surface area contributed by atoms with Crippen LogP contribution in [-0.2, 0) is 6.42 Å². The monoisotopic (exact) mass is 273 g/mol. The highest BCUT2D eigenvalue weighted by Crippen LogP contribution is 2.25. The molecule has 1 aromatic carbocycles. The van der Waals surface area contributed by atoms with Crippen molar-refractivity contribution < 1.29 is 0 Å². The Morgan fingerprint density at radius 1 is 1.50 bits per heavy atom. The first-order valence-corrected chi connectivity index (χ1v) is 6.07. The zero-order valence-electron chi connectivity index (χ0n) is 7.89. The first-order valence-electron chi connectivity index (χ1n) is 4.90. The predicted molar refractivity (Wildman–Crippen MR) is 63.8 cm³/mol. The molecule has 0 saturated carbocycles. The number of nitrogens with one attached hydrogen (secondary N) is 1. The molecule has 1 fully saturated rings. The molecule has 0 bridgehead atoms. The van der Waals surface area contributed by atoms with Crippen LogP contribution in [0.1, 0.15) is 12.0 Å². The van der Waals surface area contributed by atoms with E-state index in [9.17, 15) is 0 Å². The Labute approximate surface area is 98.0 Å². The minimum atomic E-state index is 0.768. The molecule has 0 amide bonds. The van der Waals surface area contributed by atoms with E-state index in [4.69, 9.17) is 11.6 Å². The molecule has 0 radical (unpaired) electrons. The molecule has 1 nitrogen and oxygen atoms in total. The van der Waals surface area contributed by atoms with E-state index in [1.165, 1.54) is 16.5 Å². The molecule has 0 spiro atoms. The molecule has 1 aliphatic rings. The van der Waals surface area contributed by atoms with Gasteiger partial charge < -0.3 is 5.32 Å². The van der Waals surface area contributed by atoms with Crippen LogP contribution in [0.2, 0.25) is 5.02 Å². The summed E-state index contributed by atoms with van der Waals surface area (Å²) in [6.07, 6.45) is 2.40. The first-order chi connectivity index (χ1) is 6.75. The van der Waals surface area contributed by atoms with Crippen LogP contribution in [-0.4, -0.2) is 13.1 Å². The molecular weight excluding hydrogens is 261 g/mol. The van der Waals surface area contributed by atoms with E-state index in [0.717, 1.165) is 30.5 Å². The fraction of sp³-hybridized carbons (Fsp3) is 0.455. The summed E-state index contributed by atoms with van der Waals surface area (Å²) in [5.74, 6) is 0.768. The van der Waals surface area contributed by atoms with Crippen molar-refractivity contribution in [1.29, 1.82) is 0 Å². The van der Waals surface area contributed by atoms with Crippen molar-refractivity contribution in [1.82, 2.24) is 5.32 Å². The third-order valence-electron chi connectivity index (χ3n) is 2.68. The van der Waals surface area contributed by atoms with E-state index in [0.29, 0.717) is 0 Å². The second kappa shape index (κ2) is 4.65. The highest BCUT2D eigenvalue weighted by atomic mass is 79.9. The smallest absolute Gasteiger partial charge is 0.0409 e. The highest BCUT2D eigenvalue weighted by Gasteiger charge is 2.16. The van der Waals surface area contributed by atoms with Crippen molar-refractivity contribution in [2.45, 2.75) is 12.8 Å². The van der Waals surface area contributed by atoms with E-state index in [1.807, 2.05) is 12.1 Å². The van der Waals surface area contributed by atoms with Crippen LogP contribution in [0.4, 0.5) is 0 Å². The van der Waals surface area contributed by atoms with Gasteiger partial charge in [-0.15, -0.1) is 0 Å². The standard InChI is InChI=1S/C11H13BrClN/c12-11-2-1-10(13)6-9(11)5-8-3-4-14-7-8/h1-2,6,8,14H,3-5,7H2. The number of halogens is 2. The second-order valence-electron chi connectivity index (χ2n) is 3.80. The summed E-state index contributed by atoms with van der Waals surface area (Å²) in [5, 5.41) is 4.21. The summed E-state index contributed by atoms with van der Waals surface area (Å²) in [6.45, 7) is 2.29. The van der Waals surface area contributed by atoms with Gasteiger partial charge >= 0.3 is 0 Å². The van der Waals surface area contributed by atoms with Gasteiger partial charge in [0.05, 0.1) is 0 Å². The summed E-state index contributed by atoms with van der Waals surface area (Å²) in [7, 11) is 0. The van der Waals surface area contributed by atoms with Crippen molar-refractivity contribution in [3.8, 4) is 0 Å². The van der Waals surface area contributed by atoms with Gasteiger partial charge in [0.15, 0.2) is 0 Å². The molecule has 0 aliphatic carbocycles. The molecule has 1 heterocycles. The number of hydrogen-bond acceptors (Lipinski definition) is 1. The Morgan fingerprint density at radius 3 is 3.07 bits per heavy atom. The molecule has 0 aromatic heterocycles. The van der Waals surface area contributed by atoms with Crippen LogP contribution in [0.5, 0.6) is 0 Å². The van der Waals surface area contributed by atoms with Crippen molar-refractivity contribution >= 4 is 27.5 Å². The van der Waals surface area contributed by atoms with Crippen LogP contribution in [0, 0.1) is 5.92 Å². The Bertz CT molecular complexity index is 321. The van der Waals surface area contributed by atoms with Gasteiger partial charge in [0.25, 0.3) is 0 Å². The van der Waals surface area contributed by atoms with Crippen molar-refractivity contribution in [3.05, 3.63) is 33.3 Å². The average molecular weight is 275 g/mol. The van der Waals surface area contributed by atoms with Gasteiger partial charge in [0, 0.05) is 9.50 Å². The normalized spacial score (nSPS) is 21.4. The van der Waals surface area contributed by atoms with Crippen LogP contribution in [0.15, 0.2) is 22.7 Å². The maximum atomic E-state index is 5.97. The van der Waals surface area contributed by atoms with Gasteiger partial charge in [-0.05, 0) is 55.6 Å². The topological polar surface area (TPSA) is 12.0 Å². The predicted octanol–water partition coefficient (Wildman–Crippen LogP) is 3.25. The minimum absolute atomic E-state index is 0.768. The first kappa shape index (κ1) is 10.5. The lowest BCUT2D eigenvalue weighted by molar-refractivity contribution is 0.579. The van der Waals surface area contributed by atoms with Crippen LogP contribution < -0.4 is 5.32 Å². The third-order valence-corrected chi connectivity index (χ3v) is 3.69. The molecule has 2 rings (SSSR count). The lowest BCUT2D eigenvalue weighted by Crippen LogP contribution is -2.10. The minimum Gasteiger partial charge on any atom is -0.316 e. The Balaban J connectivity index is 2.10. The highest BCUT2D eigenvalue weighted by molar-refractivity contribution is 9.10.